The van der Waals surface area contributed by atoms with Crippen LogP contribution in [-0.2, 0) is 27.2 Å². The number of rotatable bonds is 6. The van der Waals surface area contributed by atoms with E-state index in [0.29, 0.717) is 18.4 Å². The van der Waals surface area contributed by atoms with Gasteiger partial charge in [-0.3, -0.25) is 19.2 Å². The van der Waals surface area contributed by atoms with Crippen LogP contribution in [0, 0.1) is 23.6 Å². The Morgan fingerprint density at radius 2 is 1.92 bits per heavy atom. The van der Waals surface area contributed by atoms with Gasteiger partial charge in [-0.2, -0.15) is 0 Å². The van der Waals surface area contributed by atoms with Crippen molar-refractivity contribution in [2.24, 2.45) is 23.5 Å². The van der Waals surface area contributed by atoms with Gasteiger partial charge >= 0.3 is 0 Å². The molecular weight excluding hydrogens is 493 g/mol. The largest absolute Gasteiger partial charge is 0.507 e. The highest BCUT2D eigenvalue weighted by Crippen LogP contribution is 2.50. The molecular formula is C28H34FN3O6. The van der Waals surface area contributed by atoms with E-state index in [-0.39, 0.29) is 29.7 Å². The molecule has 1 unspecified atom stereocenters. The number of phenolic OH excluding ortho intramolecular Hbond substituents is 1. The number of likely N-dealkylation sites (N-methyl/N-ethyl adjacent to an activating group) is 1. The van der Waals surface area contributed by atoms with Crippen molar-refractivity contribution in [3.63, 3.8) is 0 Å². The third kappa shape index (κ3) is 4.01. The van der Waals surface area contributed by atoms with E-state index >= 15 is 4.39 Å². The second-order valence-corrected chi connectivity index (χ2v) is 11.4. The fourth-order valence-corrected chi connectivity index (χ4v) is 7.04. The minimum Gasteiger partial charge on any atom is -0.507 e. The van der Waals surface area contributed by atoms with E-state index in [1.807, 2.05) is 0 Å². The Hall–Kier alpha value is -2.95. The number of hydrogen-bond acceptors (Lipinski definition) is 8. The summed E-state index contributed by atoms with van der Waals surface area (Å²) < 4.78 is 15.4. The summed E-state index contributed by atoms with van der Waals surface area (Å²) in [5.74, 6) is -7.98. The molecule has 1 saturated carbocycles. The number of Topliss-reactive ketones (excluding diaryl/α,β-unsaturated/α-hetero) is 3. The van der Waals surface area contributed by atoms with Gasteiger partial charge in [-0.15, -0.1) is 0 Å². The topological polar surface area (TPSA) is 141 Å². The van der Waals surface area contributed by atoms with Gasteiger partial charge < -0.3 is 25.7 Å². The van der Waals surface area contributed by atoms with Crippen molar-refractivity contribution >= 4 is 23.3 Å². The van der Waals surface area contributed by atoms with E-state index in [1.165, 1.54) is 12.1 Å². The number of nitrogens with two attached hydrogens (primary N) is 1. The number of primary amides is 1. The van der Waals surface area contributed by atoms with Gasteiger partial charge in [0.15, 0.2) is 17.2 Å². The van der Waals surface area contributed by atoms with E-state index in [1.54, 1.807) is 19.0 Å². The lowest BCUT2D eigenvalue weighted by Crippen LogP contribution is -2.68. The molecule has 10 heteroatoms. The molecule has 0 radical (unpaired) electrons. The quantitative estimate of drug-likeness (QED) is 0.364. The zero-order valence-electron chi connectivity index (χ0n) is 21.7. The summed E-state index contributed by atoms with van der Waals surface area (Å²) in [7, 11) is 3.35. The van der Waals surface area contributed by atoms with Crippen molar-refractivity contribution in [2.45, 2.75) is 50.2 Å². The first-order chi connectivity index (χ1) is 18.0. The van der Waals surface area contributed by atoms with Crippen molar-refractivity contribution < 1.29 is 33.8 Å². The maximum atomic E-state index is 15.4. The van der Waals surface area contributed by atoms with Gasteiger partial charge in [-0.05, 0) is 89.8 Å². The summed E-state index contributed by atoms with van der Waals surface area (Å²) in [5.41, 5.74) is 2.41. The Kier molecular flexibility index (Phi) is 6.77. The van der Waals surface area contributed by atoms with E-state index in [9.17, 15) is 29.4 Å². The van der Waals surface area contributed by atoms with Crippen LogP contribution in [0.2, 0.25) is 0 Å². The fourth-order valence-electron chi connectivity index (χ4n) is 7.04. The van der Waals surface area contributed by atoms with E-state index < -0.39 is 64.0 Å². The molecule has 5 atom stereocenters. The number of carbonyl (C=O) groups is 4. The molecule has 38 heavy (non-hydrogen) atoms. The fraction of sp³-hybridized carbons (Fsp3) is 0.571. The van der Waals surface area contributed by atoms with Gasteiger partial charge in [0, 0.05) is 17.5 Å². The van der Waals surface area contributed by atoms with E-state index in [0.717, 1.165) is 32.5 Å². The predicted molar refractivity (Wildman–Crippen MR) is 135 cm³/mol. The highest BCUT2D eigenvalue weighted by atomic mass is 19.1. The van der Waals surface area contributed by atoms with Crippen LogP contribution in [0.15, 0.2) is 17.7 Å². The number of fused-ring (bicyclic) bond motifs is 3. The molecule has 1 amide bonds. The lowest BCUT2D eigenvalue weighted by atomic mass is 9.54. The zero-order chi connectivity index (χ0) is 27.5. The Balaban J connectivity index is 1.50. The number of aliphatic hydroxyl groups is 1. The summed E-state index contributed by atoms with van der Waals surface area (Å²) in [6.45, 7) is 2.82. The first kappa shape index (κ1) is 26.6. The predicted octanol–water partition coefficient (Wildman–Crippen LogP) is 0.776. The number of carbonyl (C=O) groups excluding carboxylic acids is 4. The number of aromatic hydroxyl groups is 1. The second-order valence-electron chi connectivity index (χ2n) is 11.4. The summed E-state index contributed by atoms with van der Waals surface area (Å²) >= 11 is 0. The van der Waals surface area contributed by atoms with Gasteiger partial charge in [0.05, 0.1) is 17.1 Å². The summed E-state index contributed by atoms with van der Waals surface area (Å²) in [4.78, 5) is 56.8. The molecule has 1 aliphatic heterocycles. The molecule has 1 aromatic carbocycles. The summed E-state index contributed by atoms with van der Waals surface area (Å²) in [6, 6.07) is 0.597. The first-order valence-electron chi connectivity index (χ1n) is 13.3. The zero-order valence-corrected chi connectivity index (χ0v) is 21.7. The highest BCUT2D eigenvalue weighted by molar-refractivity contribution is 6.32. The second kappa shape index (κ2) is 9.66. The Bertz CT molecular complexity index is 1250. The van der Waals surface area contributed by atoms with Crippen molar-refractivity contribution in [3.05, 3.63) is 40.2 Å². The molecule has 9 nitrogen and oxygen atoms in total. The molecule has 0 aromatic heterocycles. The molecule has 0 bridgehead atoms. The average Bonchev–Trinajstić information content (AvgIpc) is 3.37. The van der Waals surface area contributed by atoms with Crippen LogP contribution in [0.3, 0.4) is 0 Å². The van der Waals surface area contributed by atoms with Gasteiger partial charge in [-0.1, -0.05) is 6.08 Å². The molecule has 1 aromatic rings. The third-order valence-corrected chi connectivity index (χ3v) is 8.97. The number of halogens is 1. The van der Waals surface area contributed by atoms with Gasteiger partial charge in [-0.25, -0.2) is 4.39 Å². The highest BCUT2D eigenvalue weighted by Gasteiger charge is 2.65. The molecule has 3 aliphatic carbocycles. The number of phenols is 1. The number of aryl methyl sites for hydroxylation is 1. The Morgan fingerprint density at radius 3 is 2.55 bits per heavy atom. The van der Waals surface area contributed by atoms with Gasteiger partial charge in [0.1, 0.15) is 11.6 Å². The van der Waals surface area contributed by atoms with Crippen LogP contribution in [0.25, 0.3) is 0 Å². The van der Waals surface area contributed by atoms with Crippen molar-refractivity contribution in [3.8, 4) is 5.75 Å². The minimum atomic E-state index is -2.62. The van der Waals surface area contributed by atoms with Crippen LogP contribution in [0.4, 0.5) is 4.39 Å². The molecule has 0 spiro atoms. The lowest BCUT2D eigenvalue weighted by molar-refractivity contribution is -0.168. The Morgan fingerprint density at radius 1 is 1.24 bits per heavy atom. The van der Waals surface area contributed by atoms with Crippen LogP contribution < -0.4 is 5.73 Å². The van der Waals surface area contributed by atoms with Crippen molar-refractivity contribution in [1.29, 1.82) is 0 Å². The molecule has 4 N–H and O–H groups in total. The maximum Gasteiger partial charge on any atom is 0.252 e. The molecule has 1 saturated heterocycles. The number of likely N-dealkylation sites (tertiary alicyclic amines) is 1. The number of hydrogen-bond donors (Lipinski definition) is 3. The first-order valence-corrected chi connectivity index (χ1v) is 13.3. The molecule has 5 rings (SSSR count). The van der Waals surface area contributed by atoms with E-state index in [2.05, 4.69) is 4.90 Å². The average molecular weight is 528 g/mol. The van der Waals surface area contributed by atoms with Crippen molar-refractivity contribution in [1.82, 2.24) is 9.80 Å². The van der Waals surface area contributed by atoms with Crippen molar-refractivity contribution in [2.75, 3.05) is 33.7 Å². The van der Waals surface area contributed by atoms with Gasteiger partial charge in [0.25, 0.3) is 5.91 Å². The molecule has 204 valence electrons. The van der Waals surface area contributed by atoms with E-state index in [4.69, 9.17) is 5.73 Å². The summed E-state index contributed by atoms with van der Waals surface area (Å²) in [5, 5.41) is 22.7. The smallest absolute Gasteiger partial charge is 0.252 e. The number of ketones is 3. The minimum absolute atomic E-state index is 0.0121. The van der Waals surface area contributed by atoms with Crippen LogP contribution in [0.5, 0.6) is 5.75 Å². The summed E-state index contributed by atoms with van der Waals surface area (Å²) in [6.07, 6.45) is 4.78. The van der Waals surface area contributed by atoms with Crippen LogP contribution >= 0.6 is 0 Å². The SMILES string of the molecule is CN(C)[C@@H]1C=C(C(N)=O)C(=O)[C@@]2(O)C(=O)C3C(=O)c4c(O)c(CCCN5CCCC5)cc(F)c4C[C@H]3C[C@@H]12. The van der Waals surface area contributed by atoms with Gasteiger partial charge in [0.2, 0.25) is 5.78 Å². The number of nitrogens with zero attached hydrogens (tertiary/aromatic N) is 2. The molecule has 2 fully saturated rings. The van der Waals surface area contributed by atoms with Crippen LogP contribution in [-0.4, -0.2) is 88.6 Å². The lowest BCUT2D eigenvalue weighted by Gasteiger charge is -2.51. The van der Waals surface area contributed by atoms with Crippen LogP contribution in [0.1, 0.15) is 47.2 Å². The number of benzene rings is 1. The monoisotopic (exact) mass is 527 g/mol. The maximum absolute atomic E-state index is 15.4. The third-order valence-electron chi connectivity index (χ3n) is 8.97. The standard InChI is InChI=1S/C28H34FN3O6/c1-31(2)20-13-17(27(30)37)25(35)28(38)18(20)11-15-10-16-19(29)12-14(6-5-9-32-7-3-4-8-32)23(33)22(16)24(34)21(15)26(28)36/h12-13,15,18,20-21,33,38H,3-11H2,1-2H3,(H2,30,37)/t15-,18-,20+,21?,28+/m0/s1. The molecule has 1 heterocycles. The Labute approximate surface area is 220 Å². The normalized spacial score (nSPS) is 31.2. The molecule has 4 aliphatic rings. The number of amides is 1.